The standard InChI is InChI=1S/C20H21F3N6O/c1-13-6-8-14(9-7-13)29-18(20(21,22)23)15(11-25-29)19(30)24-12-17-27-26-16-5-3-2-4-10-28(16)17/h6-9,11H,2-5,10,12H2,1H3,(H,24,30). The summed E-state index contributed by atoms with van der Waals surface area (Å²) in [6.07, 6.45) is 0.0955. The number of amides is 1. The van der Waals surface area contributed by atoms with Crippen LogP contribution in [0.1, 0.15) is 52.5 Å². The van der Waals surface area contributed by atoms with Crippen molar-refractivity contribution >= 4 is 5.91 Å². The van der Waals surface area contributed by atoms with Crippen LogP contribution in [0.2, 0.25) is 0 Å². The maximum absolute atomic E-state index is 13.8. The molecule has 158 valence electrons. The highest BCUT2D eigenvalue weighted by atomic mass is 19.4. The van der Waals surface area contributed by atoms with Gasteiger partial charge < -0.3 is 9.88 Å². The summed E-state index contributed by atoms with van der Waals surface area (Å²) in [4.78, 5) is 12.6. The van der Waals surface area contributed by atoms with Gasteiger partial charge in [-0.05, 0) is 31.9 Å². The van der Waals surface area contributed by atoms with Gasteiger partial charge in [0.15, 0.2) is 11.5 Å². The van der Waals surface area contributed by atoms with Crippen LogP contribution in [0.5, 0.6) is 0 Å². The number of carbonyl (C=O) groups is 1. The molecule has 0 spiro atoms. The highest BCUT2D eigenvalue weighted by Crippen LogP contribution is 2.33. The molecule has 7 nitrogen and oxygen atoms in total. The molecular weight excluding hydrogens is 397 g/mol. The van der Waals surface area contributed by atoms with Crippen LogP contribution in [0, 0.1) is 6.92 Å². The van der Waals surface area contributed by atoms with Gasteiger partial charge in [0.25, 0.3) is 5.91 Å². The number of nitrogens with zero attached hydrogens (tertiary/aromatic N) is 5. The first kappa shape index (κ1) is 20.1. The molecule has 1 aliphatic heterocycles. The molecule has 1 aliphatic rings. The average Bonchev–Trinajstić information content (AvgIpc) is 3.24. The number of benzene rings is 1. The van der Waals surface area contributed by atoms with Gasteiger partial charge in [-0.2, -0.15) is 18.3 Å². The Bertz CT molecular complexity index is 1050. The van der Waals surface area contributed by atoms with E-state index in [-0.39, 0.29) is 12.2 Å². The van der Waals surface area contributed by atoms with E-state index in [1.54, 1.807) is 12.1 Å². The van der Waals surface area contributed by atoms with Crippen molar-refractivity contribution in [2.24, 2.45) is 0 Å². The summed E-state index contributed by atoms with van der Waals surface area (Å²) in [5.41, 5.74) is -0.498. The quantitative estimate of drug-likeness (QED) is 0.704. The van der Waals surface area contributed by atoms with Gasteiger partial charge in [-0.3, -0.25) is 4.79 Å². The highest BCUT2D eigenvalue weighted by molar-refractivity contribution is 5.95. The van der Waals surface area contributed by atoms with Crippen LogP contribution in [-0.4, -0.2) is 30.5 Å². The third kappa shape index (κ3) is 3.94. The number of hydrogen-bond acceptors (Lipinski definition) is 4. The maximum Gasteiger partial charge on any atom is 0.434 e. The van der Waals surface area contributed by atoms with Crippen molar-refractivity contribution < 1.29 is 18.0 Å². The SMILES string of the molecule is Cc1ccc(-n2ncc(C(=O)NCc3nnc4n3CCCCC4)c2C(F)(F)F)cc1. The van der Waals surface area contributed by atoms with Gasteiger partial charge in [-0.1, -0.05) is 24.1 Å². The highest BCUT2D eigenvalue weighted by Gasteiger charge is 2.40. The van der Waals surface area contributed by atoms with E-state index in [2.05, 4.69) is 20.6 Å². The van der Waals surface area contributed by atoms with Crippen LogP contribution in [0.3, 0.4) is 0 Å². The summed E-state index contributed by atoms with van der Waals surface area (Å²) in [6, 6.07) is 6.44. The van der Waals surface area contributed by atoms with Crippen molar-refractivity contribution in [3.05, 3.63) is 58.9 Å². The Morgan fingerprint density at radius 2 is 1.90 bits per heavy atom. The summed E-state index contributed by atoms with van der Waals surface area (Å²) in [5, 5.41) is 14.6. The molecule has 1 amide bonds. The van der Waals surface area contributed by atoms with Gasteiger partial charge >= 0.3 is 6.18 Å². The Hall–Kier alpha value is -3.17. The minimum Gasteiger partial charge on any atom is -0.345 e. The second kappa shape index (κ2) is 7.92. The molecule has 0 radical (unpaired) electrons. The number of alkyl halides is 3. The van der Waals surface area contributed by atoms with Crippen LogP contribution in [0.4, 0.5) is 13.2 Å². The van der Waals surface area contributed by atoms with Crippen LogP contribution in [-0.2, 0) is 25.7 Å². The fraction of sp³-hybridized carbons (Fsp3) is 0.400. The predicted molar refractivity (Wildman–Crippen MR) is 102 cm³/mol. The lowest BCUT2D eigenvalue weighted by Crippen LogP contribution is -2.27. The first-order valence-electron chi connectivity index (χ1n) is 9.76. The van der Waals surface area contributed by atoms with Gasteiger partial charge in [0.2, 0.25) is 0 Å². The van der Waals surface area contributed by atoms with Crippen molar-refractivity contribution in [2.45, 2.75) is 51.9 Å². The van der Waals surface area contributed by atoms with E-state index in [4.69, 9.17) is 0 Å². The lowest BCUT2D eigenvalue weighted by molar-refractivity contribution is -0.143. The molecular formula is C20H21F3N6O. The largest absolute Gasteiger partial charge is 0.434 e. The third-order valence-corrected chi connectivity index (χ3v) is 5.15. The maximum atomic E-state index is 13.8. The van der Waals surface area contributed by atoms with Gasteiger partial charge in [-0.25, -0.2) is 4.68 Å². The zero-order chi connectivity index (χ0) is 21.3. The van der Waals surface area contributed by atoms with E-state index >= 15 is 0 Å². The molecule has 3 aromatic rings. The molecule has 1 N–H and O–H groups in total. The van der Waals surface area contributed by atoms with Crippen molar-refractivity contribution in [3.63, 3.8) is 0 Å². The molecule has 0 bridgehead atoms. The normalized spacial score (nSPS) is 14.3. The molecule has 0 atom stereocenters. The average molecular weight is 418 g/mol. The monoisotopic (exact) mass is 418 g/mol. The molecule has 4 rings (SSSR count). The molecule has 0 unspecified atom stereocenters. The minimum absolute atomic E-state index is 0.00115. The molecule has 0 fully saturated rings. The van der Waals surface area contributed by atoms with E-state index in [1.807, 2.05) is 11.5 Å². The molecule has 30 heavy (non-hydrogen) atoms. The van der Waals surface area contributed by atoms with Gasteiger partial charge in [0, 0.05) is 13.0 Å². The van der Waals surface area contributed by atoms with Gasteiger partial charge in [-0.15, -0.1) is 10.2 Å². The molecule has 0 aliphatic carbocycles. The van der Waals surface area contributed by atoms with E-state index in [0.717, 1.165) is 54.5 Å². The Kier molecular flexibility index (Phi) is 5.31. The second-order valence-electron chi connectivity index (χ2n) is 7.33. The van der Waals surface area contributed by atoms with Crippen molar-refractivity contribution in [1.82, 2.24) is 29.9 Å². The number of nitrogens with one attached hydrogen (secondary N) is 1. The van der Waals surface area contributed by atoms with Gasteiger partial charge in [0.1, 0.15) is 5.82 Å². The van der Waals surface area contributed by atoms with E-state index in [9.17, 15) is 18.0 Å². The molecule has 0 saturated carbocycles. The number of rotatable bonds is 4. The van der Waals surface area contributed by atoms with Crippen molar-refractivity contribution in [2.75, 3.05) is 0 Å². The number of carbonyl (C=O) groups excluding carboxylic acids is 1. The lowest BCUT2D eigenvalue weighted by Gasteiger charge is -2.13. The zero-order valence-corrected chi connectivity index (χ0v) is 16.4. The smallest absolute Gasteiger partial charge is 0.345 e. The molecule has 10 heteroatoms. The number of hydrogen-bond donors (Lipinski definition) is 1. The summed E-state index contributed by atoms with van der Waals surface area (Å²) < 4.78 is 44.0. The van der Waals surface area contributed by atoms with E-state index in [1.165, 1.54) is 12.1 Å². The summed E-state index contributed by atoms with van der Waals surface area (Å²) in [6.45, 7) is 2.58. The fourth-order valence-corrected chi connectivity index (χ4v) is 3.60. The van der Waals surface area contributed by atoms with Crippen LogP contribution >= 0.6 is 0 Å². The second-order valence-corrected chi connectivity index (χ2v) is 7.33. The summed E-state index contributed by atoms with van der Waals surface area (Å²) in [5.74, 6) is 0.534. The number of fused-ring (bicyclic) bond motifs is 1. The first-order valence-corrected chi connectivity index (χ1v) is 9.76. The van der Waals surface area contributed by atoms with Crippen LogP contribution < -0.4 is 5.32 Å². The van der Waals surface area contributed by atoms with Crippen LogP contribution in [0.15, 0.2) is 30.5 Å². The number of aryl methyl sites for hydroxylation is 2. The summed E-state index contributed by atoms with van der Waals surface area (Å²) in [7, 11) is 0. The van der Waals surface area contributed by atoms with Gasteiger partial charge in [0.05, 0.1) is 24.0 Å². The third-order valence-electron chi connectivity index (χ3n) is 5.15. The first-order chi connectivity index (χ1) is 14.3. The van der Waals surface area contributed by atoms with Crippen molar-refractivity contribution in [3.8, 4) is 5.69 Å². The Balaban J connectivity index is 1.59. The van der Waals surface area contributed by atoms with E-state index in [0.29, 0.717) is 5.82 Å². The van der Waals surface area contributed by atoms with Crippen LogP contribution in [0.25, 0.3) is 5.69 Å². The lowest BCUT2D eigenvalue weighted by atomic mass is 10.2. The fourth-order valence-electron chi connectivity index (χ4n) is 3.60. The van der Waals surface area contributed by atoms with E-state index < -0.39 is 23.3 Å². The Morgan fingerprint density at radius 1 is 1.13 bits per heavy atom. The topological polar surface area (TPSA) is 77.6 Å². The zero-order valence-electron chi connectivity index (χ0n) is 16.4. The summed E-state index contributed by atoms with van der Waals surface area (Å²) >= 11 is 0. The Morgan fingerprint density at radius 3 is 2.63 bits per heavy atom. The number of halogens is 3. The number of aromatic nitrogens is 5. The predicted octanol–water partition coefficient (Wildman–Crippen LogP) is 3.45. The minimum atomic E-state index is -4.75. The molecule has 1 aromatic carbocycles. The molecule has 3 heterocycles. The molecule has 2 aromatic heterocycles. The molecule has 0 saturated heterocycles. The van der Waals surface area contributed by atoms with Crippen molar-refractivity contribution in [1.29, 1.82) is 0 Å². The Labute approximate surface area is 170 Å².